The zero-order valence-corrected chi connectivity index (χ0v) is 20.0. The van der Waals surface area contributed by atoms with Gasteiger partial charge in [-0.05, 0) is 69.6 Å². The molecule has 0 bridgehead atoms. The van der Waals surface area contributed by atoms with Gasteiger partial charge in [0.1, 0.15) is 11.2 Å². The largest absolute Gasteiger partial charge is 0.464 e. The number of benzene rings is 1. The number of ether oxygens (including phenoxy) is 1. The molecule has 4 rings (SSSR count). The minimum absolute atomic E-state index is 0.0488. The van der Waals surface area contributed by atoms with Crippen molar-refractivity contribution < 1.29 is 19.1 Å². The zero-order valence-electron chi connectivity index (χ0n) is 20.0. The molecule has 1 unspecified atom stereocenters. The van der Waals surface area contributed by atoms with Crippen molar-refractivity contribution in [3.8, 4) is 0 Å². The van der Waals surface area contributed by atoms with Crippen LogP contribution in [0.1, 0.15) is 71.6 Å². The summed E-state index contributed by atoms with van der Waals surface area (Å²) in [4.78, 5) is 41.2. The molecular weight excluding hydrogens is 420 g/mol. The van der Waals surface area contributed by atoms with E-state index in [1.54, 1.807) is 11.8 Å². The van der Waals surface area contributed by atoms with Crippen molar-refractivity contribution in [2.24, 2.45) is 5.92 Å². The topological polar surface area (TPSA) is 93.5 Å². The molecule has 2 aromatic rings. The number of anilines is 1. The molecule has 0 radical (unpaired) electrons. The number of fused-ring (bicyclic) bond motifs is 1. The summed E-state index contributed by atoms with van der Waals surface area (Å²) >= 11 is 0. The number of hydrogen-bond acceptors (Lipinski definition) is 5. The molecular formula is C25H32N4O4. The standard InChI is InChI=1S/C25H32N4O4/c1-15-9-11-18(12-10-15)26-24(32)25(4)14-28-21(13-19(27-28)23(31)33-5)22(30)29(25)20-8-6-7-16(2)17(20)3/h6-8,13,15,18H,9-12,14H2,1-5H3,(H,26,32). The fraction of sp³-hybridized carbons (Fsp3) is 0.520. The first-order valence-corrected chi connectivity index (χ1v) is 11.5. The Hall–Kier alpha value is -3.16. The van der Waals surface area contributed by atoms with Crippen LogP contribution in [0.3, 0.4) is 0 Å². The van der Waals surface area contributed by atoms with Crippen LogP contribution in [0.15, 0.2) is 24.3 Å². The quantitative estimate of drug-likeness (QED) is 0.718. The van der Waals surface area contributed by atoms with E-state index >= 15 is 0 Å². The smallest absolute Gasteiger partial charge is 0.358 e. The predicted molar refractivity (Wildman–Crippen MR) is 124 cm³/mol. The first-order chi connectivity index (χ1) is 15.7. The Balaban J connectivity index is 1.77. The molecule has 2 amide bonds. The van der Waals surface area contributed by atoms with Crippen LogP contribution in [0.25, 0.3) is 0 Å². The van der Waals surface area contributed by atoms with Crippen molar-refractivity contribution in [3.05, 3.63) is 46.8 Å². The van der Waals surface area contributed by atoms with Crippen molar-refractivity contribution in [2.45, 2.75) is 71.5 Å². The van der Waals surface area contributed by atoms with Gasteiger partial charge in [-0.25, -0.2) is 4.79 Å². The maximum atomic E-state index is 13.8. The SMILES string of the molecule is COC(=O)c1cc2n(n1)CC(C)(C(=O)NC1CCC(C)CC1)N(c1cccc(C)c1C)C2=O. The number of aromatic nitrogens is 2. The third-order valence-electron chi connectivity index (χ3n) is 7.21. The third kappa shape index (κ3) is 4.03. The highest BCUT2D eigenvalue weighted by molar-refractivity contribution is 6.12. The lowest BCUT2D eigenvalue weighted by molar-refractivity contribution is -0.127. The highest BCUT2D eigenvalue weighted by atomic mass is 16.5. The average Bonchev–Trinajstić information content (AvgIpc) is 3.21. The van der Waals surface area contributed by atoms with E-state index in [4.69, 9.17) is 4.74 Å². The van der Waals surface area contributed by atoms with Crippen molar-refractivity contribution in [1.82, 2.24) is 15.1 Å². The van der Waals surface area contributed by atoms with Crippen LogP contribution in [0.4, 0.5) is 5.69 Å². The minimum atomic E-state index is -1.22. The van der Waals surface area contributed by atoms with Gasteiger partial charge in [-0.1, -0.05) is 19.1 Å². The van der Waals surface area contributed by atoms with Gasteiger partial charge in [-0.3, -0.25) is 19.2 Å². The van der Waals surface area contributed by atoms with Gasteiger partial charge in [0, 0.05) is 17.8 Å². The molecule has 1 N–H and O–H groups in total. The van der Waals surface area contributed by atoms with E-state index in [9.17, 15) is 14.4 Å². The lowest BCUT2D eigenvalue weighted by Gasteiger charge is -2.44. The molecule has 1 saturated carbocycles. The summed E-state index contributed by atoms with van der Waals surface area (Å²) in [7, 11) is 1.27. The normalized spacial score (nSPS) is 24.9. The Morgan fingerprint density at radius 1 is 1.18 bits per heavy atom. The van der Waals surface area contributed by atoms with Crippen LogP contribution in [0.2, 0.25) is 0 Å². The van der Waals surface area contributed by atoms with Gasteiger partial charge in [-0.15, -0.1) is 0 Å². The fourth-order valence-electron chi connectivity index (χ4n) is 4.89. The molecule has 1 fully saturated rings. The summed E-state index contributed by atoms with van der Waals surface area (Å²) in [6, 6.07) is 7.25. The van der Waals surface area contributed by atoms with Crippen LogP contribution in [0, 0.1) is 19.8 Å². The summed E-state index contributed by atoms with van der Waals surface area (Å²) in [6.07, 6.45) is 4.01. The van der Waals surface area contributed by atoms with Crippen LogP contribution in [-0.4, -0.2) is 46.3 Å². The molecule has 1 aromatic heterocycles. The van der Waals surface area contributed by atoms with Crippen LogP contribution in [0.5, 0.6) is 0 Å². The number of rotatable bonds is 4. The van der Waals surface area contributed by atoms with Crippen LogP contribution < -0.4 is 10.2 Å². The van der Waals surface area contributed by atoms with E-state index in [1.165, 1.54) is 17.9 Å². The van der Waals surface area contributed by atoms with Gasteiger partial charge in [0.2, 0.25) is 5.91 Å². The lowest BCUT2D eigenvalue weighted by Crippen LogP contribution is -2.65. The molecule has 33 heavy (non-hydrogen) atoms. The Morgan fingerprint density at radius 2 is 1.88 bits per heavy atom. The van der Waals surface area contributed by atoms with Crippen LogP contribution >= 0.6 is 0 Å². The van der Waals surface area contributed by atoms with Crippen molar-refractivity contribution in [2.75, 3.05) is 12.0 Å². The van der Waals surface area contributed by atoms with E-state index in [1.807, 2.05) is 32.0 Å². The molecule has 0 saturated heterocycles. The summed E-state index contributed by atoms with van der Waals surface area (Å²) < 4.78 is 6.24. The fourth-order valence-corrected chi connectivity index (χ4v) is 4.89. The zero-order chi connectivity index (χ0) is 23.9. The van der Waals surface area contributed by atoms with Gasteiger partial charge in [0.05, 0.1) is 13.7 Å². The molecule has 2 heterocycles. The predicted octanol–water partition coefficient (Wildman–Crippen LogP) is 3.40. The monoisotopic (exact) mass is 452 g/mol. The molecule has 1 aromatic carbocycles. The van der Waals surface area contributed by atoms with Crippen molar-refractivity contribution in [1.29, 1.82) is 0 Å². The van der Waals surface area contributed by atoms with Crippen molar-refractivity contribution >= 4 is 23.5 Å². The molecule has 1 aliphatic heterocycles. The van der Waals surface area contributed by atoms with Crippen molar-refractivity contribution in [3.63, 3.8) is 0 Å². The number of nitrogens with one attached hydrogen (secondary N) is 1. The third-order valence-corrected chi connectivity index (χ3v) is 7.21. The second-order valence-electron chi connectivity index (χ2n) is 9.63. The minimum Gasteiger partial charge on any atom is -0.464 e. The van der Waals surface area contributed by atoms with Gasteiger partial charge in [-0.2, -0.15) is 5.10 Å². The molecule has 1 aliphatic carbocycles. The van der Waals surface area contributed by atoms with Gasteiger partial charge < -0.3 is 10.1 Å². The summed E-state index contributed by atoms with van der Waals surface area (Å²) in [5, 5.41) is 7.50. The van der Waals surface area contributed by atoms with E-state index < -0.39 is 11.5 Å². The maximum absolute atomic E-state index is 13.8. The molecule has 2 aliphatic rings. The number of esters is 1. The average molecular weight is 453 g/mol. The Morgan fingerprint density at radius 3 is 2.55 bits per heavy atom. The second kappa shape index (κ2) is 8.65. The van der Waals surface area contributed by atoms with Gasteiger partial charge in [0.25, 0.3) is 5.91 Å². The molecule has 1 atom stereocenters. The first-order valence-electron chi connectivity index (χ1n) is 11.5. The highest BCUT2D eigenvalue weighted by Crippen LogP contribution is 2.36. The molecule has 0 spiro atoms. The number of hydrogen-bond donors (Lipinski definition) is 1. The lowest BCUT2D eigenvalue weighted by atomic mass is 9.86. The maximum Gasteiger partial charge on any atom is 0.358 e. The van der Waals surface area contributed by atoms with E-state index in [0.717, 1.165) is 36.8 Å². The Labute approximate surface area is 194 Å². The second-order valence-corrected chi connectivity index (χ2v) is 9.63. The highest BCUT2D eigenvalue weighted by Gasteiger charge is 2.50. The Kier molecular flexibility index (Phi) is 6.03. The van der Waals surface area contributed by atoms with E-state index in [2.05, 4.69) is 17.3 Å². The number of aryl methyl sites for hydroxylation is 1. The molecule has 8 heteroatoms. The van der Waals surface area contributed by atoms with E-state index in [-0.39, 0.29) is 35.8 Å². The summed E-state index contributed by atoms with van der Waals surface area (Å²) in [5.74, 6) is -0.533. The number of nitrogens with zero attached hydrogens (tertiary/aromatic N) is 3. The van der Waals surface area contributed by atoms with Gasteiger partial charge in [0.15, 0.2) is 5.69 Å². The molecule has 176 valence electrons. The number of carbonyl (C=O) groups is 3. The van der Waals surface area contributed by atoms with Crippen LogP contribution in [-0.2, 0) is 16.1 Å². The number of methoxy groups -OCH3 is 1. The summed E-state index contributed by atoms with van der Waals surface area (Å²) in [5.41, 5.74) is 1.73. The molecule has 8 nitrogen and oxygen atoms in total. The van der Waals surface area contributed by atoms with Gasteiger partial charge >= 0.3 is 5.97 Å². The first kappa shape index (κ1) is 23.0. The van der Waals surface area contributed by atoms with E-state index in [0.29, 0.717) is 11.6 Å². The summed E-state index contributed by atoms with van der Waals surface area (Å²) in [6.45, 7) is 8.07. The number of carbonyl (C=O) groups excluding carboxylic acids is 3. The number of amides is 2. The Bertz CT molecular complexity index is 1100.